The van der Waals surface area contributed by atoms with E-state index in [2.05, 4.69) is 54.9 Å². The fourth-order valence-corrected chi connectivity index (χ4v) is 7.12. The smallest absolute Gasteiger partial charge is 0.165 e. The summed E-state index contributed by atoms with van der Waals surface area (Å²) >= 11 is 0. The molecule has 1 saturated heterocycles. The van der Waals surface area contributed by atoms with Gasteiger partial charge in [-0.25, -0.2) is 4.39 Å². The fraction of sp³-hybridized carbons (Fsp3) is 0.543. The zero-order valence-corrected chi connectivity index (χ0v) is 25.2. The number of aryl methyl sites for hydroxylation is 1. The zero-order valence-electron chi connectivity index (χ0n) is 25.2. The number of allylic oxidation sites excluding steroid dienone is 1. The van der Waals surface area contributed by atoms with Crippen LogP contribution in [-0.4, -0.2) is 60.8 Å². The minimum absolute atomic E-state index is 0.149. The van der Waals surface area contributed by atoms with Crippen molar-refractivity contribution in [3.8, 4) is 11.5 Å². The van der Waals surface area contributed by atoms with Gasteiger partial charge in [0.25, 0.3) is 0 Å². The molecule has 3 atom stereocenters. The molecule has 1 fully saturated rings. The van der Waals surface area contributed by atoms with E-state index in [4.69, 9.17) is 9.47 Å². The summed E-state index contributed by atoms with van der Waals surface area (Å²) in [7, 11) is 1.72. The molecule has 3 aliphatic rings. The van der Waals surface area contributed by atoms with Crippen molar-refractivity contribution in [3.63, 3.8) is 0 Å². The van der Waals surface area contributed by atoms with E-state index in [0.717, 1.165) is 56.8 Å². The molecule has 0 aromatic heterocycles. The molecule has 2 unspecified atom stereocenters. The monoisotopic (exact) mass is 562 g/mol. The summed E-state index contributed by atoms with van der Waals surface area (Å²) < 4.78 is 26.7. The van der Waals surface area contributed by atoms with Crippen molar-refractivity contribution in [1.29, 1.82) is 0 Å². The normalized spacial score (nSPS) is 24.1. The standard InChI is InChI=1S/C35H47FN2O3/c1-5-38(23-25-7-14-34(32(36)19-25)41-18-17-37-16-6-15-35(2,3)24-37)33-22-30(40-4)12-13-31(33)28-9-8-27-21-29(39)11-10-26(27)20-28/h7,10-14,19,21-22,28,31,33,39H,5-6,8-9,15-18,20,23-24H2,1-4H3/t28-,31?,33?/m1/s1. The number of halogens is 1. The van der Waals surface area contributed by atoms with Gasteiger partial charge in [0.15, 0.2) is 11.6 Å². The summed E-state index contributed by atoms with van der Waals surface area (Å²) in [5.41, 5.74) is 3.88. The molecule has 1 N–H and O–H groups in total. The Kier molecular flexibility index (Phi) is 9.40. The lowest BCUT2D eigenvalue weighted by atomic mass is 9.72. The van der Waals surface area contributed by atoms with Gasteiger partial charge in [-0.2, -0.15) is 0 Å². The maximum absolute atomic E-state index is 15.2. The number of phenols is 1. The first-order valence-electron chi connectivity index (χ1n) is 15.4. The molecule has 0 saturated carbocycles. The highest BCUT2D eigenvalue weighted by Crippen LogP contribution is 2.38. The van der Waals surface area contributed by atoms with Crippen molar-refractivity contribution in [2.45, 2.75) is 65.5 Å². The molecule has 2 aromatic rings. The summed E-state index contributed by atoms with van der Waals surface area (Å²) in [5, 5.41) is 9.92. The number of hydrogen-bond donors (Lipinski definition) is 1. The van der Waals surface area contributed by atoms with Crippen molar-refractivity contribution < 1.29 is 19.0 Å². The third-order valence-electron chi connectivity index (χ3n) is 9.30. The maximum atomic E-state index is 15.2. The highest BCUT2D eigenvalue weighted by atomic mass is 19.1. The van der Waals surface area contributed by atoms with Gasteiger partial charge in [-0.05, 0) is 116 Å². The quantitative estimate of drug-likeness (QED) is 0.347. The van der Waals surface area contributed by atoms with Gasteiger partial charge in [-0.3, -0.25) is 9.80 Å². The van der Waals surface area contributed by atoms with E-state index in [9.17, 15) is 5.11 Å². The molecule has 222 valence electrons. The first-order chi connectivity index (χ1) is 19.7. The average molecular weight is 563 g/mol. The van der Waals surface area contributed by atoms with Crippen LogP contribution < -0.4 is 4.74 Å². The van der Waals surface area contributed by atoms with E-state index >= 15 is 4.39 Å². The Hall–Kier alpha value is -2.83. The van der Waals surface area contributed by atoms with Crippen LogP contribution in [0, 0.1) is 23.1 Å². The van der Waals surface area contributed by atoms with Gasteiger partial charge < -0.3 is 14.6 Å². The maximum Gasteiger partial charge on any atom is 0.165 e. The third-order valence-corrected chi connectivity index (χ3v) is 9.30. The second-order valence-corrected chi connectivity index (χ2v) is 12.9. The third kappa shape index (κ3) is 7.34. The topological polar surface area (TPSA) is 45.2 Å². The minimum atomic E-state index is -0.294. The summed E-state index contributed by atoms with van der Waals surface area (Å²) in [5.74, 6) is 2.06. The fourth-order valence-electron chi connectivity index (χ4n) is 7.12. The van der Waals surface area contributed by atoms with Gasteiger partial charge in [0, 0.05) is 25.7 Å². The lowest BCUT2D eigenvalue weighted by molar-refractivity contribution is 0.101. The molecule has 2 aromatic carbocycles. The van der Waals surface area contributed by atoms with Crippen molar-refractivity contribution in [3.05, 3.63) is 82.9 Å². The van der Waals surface area contributed by atoms with Gasteiger partial charge in [-0.15, -0.1) is 0 Å². The number of methoxy groups -OCH3 is 1. The van der Waals surface area contributed by atoms with Crippen LogP contribution in [0.3, 0.4) is 0 Å². The summed E-state index contributed by atoms with van der Waals surface area (Å²) in [6, 6.07) is 11.4. The van der Waals surface area contributed by atoms with E-state index in [1.807, 2.05) is 12.1 Å². The molecule has 2 aliphatic carbocycles. The van der Waals surface area contributed by atoms with Gasteiger partial charge in [0.1, 0.15) is 18.1 Å². The van der Waals surface area contributed by atoms with E-state index in [-0.39, 0.29) is 11.9 Å². The molecule has 5 nitrogen and oxygen atoms in total. The number of piperidine rings is 1. The van der Waals surface area contributed by atoms with Crippen LogP contribution in [0.15, 0.2) is 60.4 Å². The lowest BCUT2D eigenvalue weighted by Gasteiger charge is -2.41. The van der Waals surface area contributed by atoms with Gasteiger partial charge >= 0.3 is 0 Å². The predicted molar refractivity (Wildman–Crippen MR) is 163 cm³/mol. The molecule has 1 aliphatic heterocycles. The Morgan fingerprint density at radius 3 is 2.76 bits per heavy atom. The molecule has 0 amide bonds. The molecule has 0 spiro atoms. The number of phenolic OH excluding ortho intramolecular Hbond substituents is 1. The first-order valence-corrected chi connectivity index (χ1v) is 15.4. The second kappa shape index (κ2) is 13.0. The highest BCUT2D eigenvalue weighted by molar-refractivity contribution is 5.37. The Bertz CT molecular complexity index is 1260. The molecule has 6 heteroatoms. The number of likely N-dealkylation sites (tertiary alicyclic amines) is 1. The van der Waals surface area contributed by atoms with E-state index < -0.39 is 0 Å². The zero-order chi connectivity index (χ0) is 29.0. The molecule has 5 rings (SSSR count). The number of ether oxygens (including phenoxy) is 2. The molecule has 0 bridgehead atoms. The van der Waals surface area contributed by atoms with Crippen LogP contribution >= 0.6 is 0 Å². The van der Waals surface area contributed by atoms with Crippen molar-refractivity contribution >= 4 is 0 Å². The summed E-state index contributed by atoms with van der Waals surface area (Å²) in [4.78, 5) is 4.85. The van der Waals surface area contributed by atoms with Crippen molar-refractivity contribution in [1.82, 2.24) is 9.80 Å². The second-order valence-electron chi connectivity index (χ2n) is 12.9. The lowest BCUT2D eigenvalue weighted by Crippen LogP contribution is -2.43. The predicted octanol–water partition coefficient (Wildman–Crippen LogP) is 6.74. The van der Waals surface area contributed by atoms with E-state index in [0.29, 0.717) is 41.9 Å². The van der Waals surface area contributed by atoms with Crippen LogP contribution in [0.25, 0.3) is 0 Å². The van der Waals surface area contributed by atoms with Crippen molar-refractivity contribution in [2.24, 2.45) is 17.3 Å². The van der Waals surface area contributed by atoms with Gasteiger partial charge in [0.05, 0.1) is 7.11 Å². The Labute approximate surface area is 245 Å². The largest absolute Gasteiger partial charge is 0.508 e. The number of fused-ring (bicyclic) bond motifs is 1. The summed E-state index contributed by atoms with van der Waals surface area (Å²) in [6.45, 7) is 11.8. The van der Waals surface area contributed by atoms with Gasteiger partial charge in [0.2, 0.25) is 0 Å². The Morgan fingerprint density at radius 1 is 1.15 bits per heavy atom. The van der Waals surface area contributed by atoms with Gasteiger partial charge in [-0.1, -0.05) is 39.0 Å². The summed E-state index contributed by atoms with van der Waals surface area (Å²) in [6.07, 6.45) is 12.1. The van der Waals surface area contributed by atoms with E-state index in [1.54, 1.807) is 25.3 Å². The minimum Gasteiger partial charge on any atom is -0.508 e. The van der Waals surface area contributed by atoms with Crippen LogP contribution in [0.4, 0.5) is 4.39 Å². The SMILES string of the molecule is CCN(Cc1ccc(OCCN2CCCC(C)(C)C2)c(F)c1)C1C=C(OC)C=CC1[C@@H]1CCc2cc(O)ccc2C1. The molecular formula is C35H47FN2O3. The first kappa shape index (κ1) is 29.7. The number of likely N-dealkylation sites (N-methyl/N-ethyl adjacent to an activating group) is 1. The number of rotatable bonds is 10. The Balaban J connectivity index is 1.24. The molecule has 41 heavy (non-hydrogen) atoms. The van der Waals surface area contributed by atoms with E-state index in [1.165, 1.54) is 24.0 Å². The van der Waals surface area contributed by atoms with Crippen LogP contribution in [0.2, 0.25) is 0 Å². The molecule has 1 heterocycles. The molecule has 0 radical (unpaired) electrons. The van der Waals surface area contributed by atoms with Crippen molar-refractivity contribution in [2.75, 3.05) is 39.9 Å². The Morgan fingerprint density at radius 2 is 2.00 bits per heavy atom. The average Bonchev–Trinajstić information content (AvgIpc) is 2.96. The number of aromatic hydroxyl groups is 1. The number of nitrogens with zero attached hydrogens (tertiary/aromatic N) is 2. The number of hydrogen-bond acceptors (Lipinski definition) is 5. The van der Waals surface area contributed by atoms with Crippen LogP contribution in [-0.2, 0) is 24.1 Å². The number of benzene rings is 2. The molecular weight excluding hydrogens is 515 g/mol. The van der Waals surface area contributed by atoms with Crippen LogP contribution in [0.5, 0.6) is 11.5 Å². The highest BCUT2D eigenvalue weighted by Gasteiger charge is 2.34. The van der Waals surface area contributed by atoms with Crippen LogP contribution in [0.1, 0.15) is 56.7 Å².